The third-order valence-electron chi connectivity index (χ3n) is 6.72. The lowest BCUT2D eigenvalue weighted by molar-refractivity contribution is -0.131. The van der Waals surface area contributed by atoms with Gasteiger partial charge in [0, 0.05) is 49.1 Å². The summed E-state index contributed by atoms with van der Waals surface area (Å²) in [6, 6.07) is 36.8. The molecule has 4 aromatic rings. The Morgan fingerprint density at radius 1 is 0.694 bits per heavy atom. The van der Waals surface area contributed by atoms with E-state index in [0.717, 1.165) is 49.1 Å². The number of piperazine rings is 1. The van der Waals surface area contributed by atoms with Gasteiger partial charge in [-0.05, 0) is 53.1 Å². The molecule has 0 aliphatic carbocycles. The summed E-state index contributed by atoms with van der Waals surface area (Å²) in [7, 11) is 0. The molecule has 0 radical (unpaired) electrons. The van der Waals surface area contributed by atoms with Crippen molar-refractivity contribution in [2.45, 2.75) is 6.54 Å². The molecule has 1 heterocycles. The molecule has 182 valence electrons. The maximum absolute atomic E-state index is 13.3. The van der Waals surface area contributed by atoms with Gasteiger partial charge in [0.15, 0.2) is 0 Å². The average molecular weight is 496 g/mol. The Morgan fingerprint density at radius 2 is 1.25 bits per heavy atom. The first-order chi connectivity index (χ1) is 17.7. The second-order valence-electron chi connectivity index (χ2n) is 9.08. The van der Waals surface area contributed by atoms with Crippen molar-refractivity contribution in [1.82, 2.24) is 9.80 Å². The first kappa shape index (κ1) is 24.1. The van der Waals surface area contributed by atoms with Crippen molar-refractivity contribution in [1.29, 1.82) is 0 Å². The summed E-state index contributed by atoms with van der Waals surface area (Å²) in [6.07, 6.45) is 0. The molecule has 0 N–H and O–H groups in total. The summed E-state index contributed by atoms with van der Waals surface area (Å²) in [6.45, 7) is 4.38. The quantitative estimate of drug-likeness (QED) is 0.293. The number of para-hydroxylation sites is 2. The summed E-state index contributed by atoms with van der Waals surface area (Å²) in [5, 5.41) is 0.745. The van der Waals surface area contributed by atoms with Crippen molar-refractivity contribution < 1.29 is 4.79 Å². The highest BCUT2D eigenvalue weighted by Gasteiger charge is 2.24. The van der Waals surface area contributed by atoms with Crippen LogP contribution in [0.1, 0.15) is 5.56 Å². The van der Waals surface area contributed by atoms with Crippen molar-refractivity contribution in [2.24, 2.45) is 0 Å². The number of rotatable bonds is 7. The average Bonchev–Trinajstić information content (AvgIpc) is 2.94. The zero-order valence-electron chi connectivity index (χ0n) is 20.3. The Bertz CT molecular complexity index is 1230. The molecule has 1 fully saturated rings. The molecule has 0 atom stereocenters. The Labute approximate surface area is 218 Å². The molecular formula is C31H30ClN3O. The summed E-state index contributed by atoms with van der Waals surface area (Å²) in [5.41, 5.74) is 5.74. The number of amides is 1. The van der Waals surface area contributed by atoms with Crippen LogP contribution in [0.25, 0.3) is 11.1 Å². The van der Waals surface area contributed by atoms with Crippen LogP contribution in [0.4, 0.5) is 11.4 Å². The van der Waals surface area contributed by atoms with Crippen LogP contribution in [0.15, 0.2) is 109 Å². The molecule has 5 heteroatoms. The van der Waals surface area contributed by atoms with Gasteiger partial charge in [-0.15, -0.1) is 0 Å². The number of carbonyl (C=O) groups excluding carboxylic acids is 1. The highest BCUT2D eigenvalue weighted by Crippen LogP contribution is 2.27. The SMILES string of the molecule is O=C(CN(c1ccccc1)c1ccccc1)N1CCN(Cc2ccccc2-c2ccc(Cl)cc2)CC1. The lowest BCUT2D eigenvalue weighted by Crippen LogP contribution is -2.50. The fourth-order valence-corrected chi connectivity index (χ4v) is 4.87. The number of nitrogens with zero attached hydrogens (tertiary/aromatic N) is 3. The van der Waals surface area contributed by atoms with Gasteiger partial charge in [-0.1, -0.05) is 84.4 Å². The Hall–Kier alpha value is -3.60. The maximum atomic E-state index is 13.3. The van der Waals surface area contributed by atoms with Gasteiger partial charge in [0.25, 0.3) is 0 Å². The molecule has 4 nitrogen and oxygen atoms in total. The van der Waals surface area contributed by atoms with Crippen molar-refractivity contribution in [3.05, 3.63) is 120 Å². The lowest BCUT2D eigenvalue weighted by Gasteiger charge is -2.36. The van der Waals surface area contributed by atoms with Gasteiger partial charge in [-0.25, -0.2) is 0 Å². The van der Waals surface area contributed by atoms with Gasteiger partial charge in [0.1, 0.15) is 6.54 Å². The van der Waals surface area contributed by atoms with Crippen molar-refractivity contribution in [3.8, 4) is 11.1 Å². The summed E-state index contributed by atoms with van der Waals surface area (Å²) in [4.78, 5) is 19.9. The number of halogens is 1. The molecule has 1 saturated heterocycles. The Balaban J connectivity index is 1.23. The molecule has 36 heavy (non-hydrogen) atoms. The van der Waals surface area contributed by atoms with E-state index in [-0.39, 0.29) is 5.91 Å². The molecule has 1 amide bonds. The van der Waals surface area contributed by atoms with Gasteiger partial charge < -0.3 is 9.80 Å². The van der Waals surface area contributed by atoms with E-state index in [1.54, 1.807) is 0 Å². The van der Waals surface area contributed by atoms with E-state index in [2.05, 4.69) is 70.5 Å². The zero-order chi connectivity index (χ0) is 24.7. The fourth-order valence-electron chi connectivity index (χ4n) is 4.75. The zero-order valence-corrected chi connectivity index (χ0v) is 21.0. The highest BCUT2D eigenvalue weighted by molar-refractivity contribution is 6.30. The first-order valence-electron chi connectivity index (χ1n) is 12.4. The second kappa shape index (κ2) is 11.4. The lowest BCUT2D eigenvalue weighted by atomic mass is 9.99. The largest absolute Gasteiger partial charge is 0.339 e. The summed E-state index contributed by atoms with van der Waals surface area (Å²) in [5.74, 6) is 0.156. The molecular weight excluding hydrogens is 466 g/mol. The van der Waals surface area contributed by atoms with Crippen LogP contribution in [0.2, 0.25) is 5.02 Å². The van der Waals surface area contributed by atoms with Gasteiger partial charge in [-0.2, -0.15) is 0 Å². The minimum absolute atomic E-state index is 0.156. The molecule has 4 aromatic carbocycles. The summed E-state index contributed by atoms with van der Waals surface area (Å²) < 4.78 is 0. The van der Waals surface area contributed by atoms with Crippen LogP contribution < -0.4 is 4.90 Å². The van der Waals surface area contributed by atoms with Crippen molar-refractivity contribution >= 4 is 28.9 Å². The molecule has 1 aliphatic heterocycles. The number of anilines is 2. The van der Waals surface area contributed by atoms with Crippen LogP contribution in [-0.4, -0.2) is 48.4 Å². The van der Waals surface area contributed by atoms with Gasteiger partial charge in [-0.3, -0.25) is 9.69 Å². The van der Waals surface area contributed by atoms with Crippen LogP contribution in [0, 0.1) is 0 Å². The molecule has 0 saturated carbocycles. The standard InChI is InChI=1S/C31H30ClN3O/c32-27-17-15-25(16-18-27)30-14-8-7-9-26(30)23-33-19-21-34(22-20-33)31(36)24-35(28-10-3-1-4-11-28)29-12-5-2-6-13-29/h1-18H,19-24H2. The van der Waals surface area contributed by atoms with E-state index >= 15 is 0 Å². The molecule has 0 aromatic heterocycles. The van der Waals surface area contributed by atoms with Gasteiger partial charge in [0.2, 0.25) is 5.91 Å². The van der Waals surface area contributed by atoms with E-state index < -0.39 is 0 Å². The van der Waals surface area contributed by atoms with Crippen molar-refractivity contribution in [2.75, 3.05) is 37.6 Å². The normalized spacial score (nSPS) is 14.0. The molecule has 0 unspecified atom stereocenters. The van der Waals surface area contributed by atoms with E-state index in [0.29, 0.717) is 6.54 Å². The van der Waals surface area contributed by atoms with Gasteiger partial charge in [0.05, 0.1) is 0 Å². The van der Waals surface area contributed by atoms with Crippen LogP contribution in [-0.2, 0) is 11.3 Å². The van der Waals surface area contributed by atoms with Crippen LogP contribution in [0.5, 0.6) is 0 Å². The molecule has 1 aliphatic rings. The van der Waals surface area contributed by atoms with Gasteiger partial charge >= 0.3 is 0 Å². The number of benzene rings is 4. The third kappa shape index (κ3) is 5.78. The topological polar surface area (TPSA) is 26.8 Å². The minimum atomic E-state index is 0.156. The predicted molar refractivity (Wildman–Crippen MR) is 149 cm³/mol. The second-order valence-corrected chi connectivity index (χ2v) is 9.51. The Morgan fingerprint density at radius 3 is 1.86 bits per heavy atom. The van der Waals surface area contributed by atoms with Crippen LogP contribution in [0.3, 0.4) is 0 Å². The van der Waals surface area contributed by atoms with E-state index in [1.807, 2.05) is 53.4 Å². The first-order valence-corrected chi connectivity index (χ1v) is 12.8. The van der Waals surface area contributed by atoms with E-state index in [4.69, 9.17) is 11.6 Å². The minimum Gasteiger partial charge on any atom is -0.339 e. The van der Waals surface area contributed by atoms with E-state index in [1.165, 1.54) is 16.7 Å². The third-order valence-corrected chi connectivity index (χ3v) is 6.97. The number of hydrogen-bond acceptors (Lipinski definition) is 3. The number of carbonyl (C=O) groups is 1. The number of hydrogen-bond donors (Lipinski definition) is 0. The summed E-state index contributed by atoms with van der Waals surface area (Å²) >= 11 is 6.09. The molecule has 5 rings (SSSR count). The smallest absolute Gasteiger partial charge is 0.242 e. The monoisotopic (exact) mass is 495 g/mol. The maximum Gasteiger partial charge on any atom is 0.242 e. The highest BCUT2D eigenvalue weighted by atomic mass is 35.5. The van der Waals surface area contributed by atoms with E-state index in [9.17, 15) is 4.79 Å². The molecule has 0 bridgehead atoms. The predicted octanol–water partition coefficient (Wildman–Crippen LogP) is 6.49. The van der Waals surface area contributed by atoms with Crippen molar-refractivity contribution in [3.63, 3.8) is 0 Å². The van der Waals surface area contributed by atoms with Crippen LogP contribution >= 0.6 is 11.6 Å². The fraction of sp³-hybridized carbons (Fsp3) is 0.194. The molecule has 0 spiro atoms. The Kier molecular flexibility index (Phi) is 7.65.